The van der Waals surface area contributed by atoms with Gasteiger partial charge in [-0.2, -0.15) is 11.7 Å². The molecule has 0 saturated heterocycles. The molecule has 6 N–H and O–H groups in total. The maximum atomic E-state index is 10.6. The standard InChI is InChI=1S/C11H29N4O/c1-6-10(7-2,14-5)15(12,13)11(16,8-3)9-4/h14,16H,6-9,12-13H2,1-5H3/q+1. The molecular formula is C11H29N4O+. The first-order valence-corrected chi connectivity index (χ1v) is 6.18. The molecule has 0 aromatic heterocycles. The van der Waals surface area contributed by atoms with Crippen molar-refractivity contribution in [3.8, 4) is 0 Å². The third kappa shape index (κ3) is 2.10. The van der Waals surface area contributed by atoms with E-state index in [-0.39, 0.29) is 0 Å². The van der Waals surface area contributed by atoms with Crippen LogP contribution in [0.15, 0.2) is 0 Å². The molecule has 0 spiro atoms. The van der Waals surface area contributed by atoms with Crippen molar-refractivity contribution >= 4 is 0 Å². The van der Waals surface area contributed by atoms with Crippen molar-refractivity contribution in [2.75, 3.05) is 7.05 Å². The third-order valence-corrected chi connectivity index (χ3v) is 4.16. The Labute approximate surface area is 99.3 Å². The molecule has 0 fully saturated rings. The van der Waals surface area contributed by atoms with Crippen LogP contribution in [0.5, 0.6) is 0 Å². The predicted molar refractivity (Wildman–Crippen MR) is 66.5 cm³/mol. The zero-order valence-electron chi connectivity index (χ0n) is 11.4. The lowest BCUT2D eigenvalue weighted by atomic mass is 9.95. The fraction of sp³-hybridized carbons (Fsp3) is 1.00. The molecule has 5 nitrogen and oxygen atoms in total. The lowest BCUT2D eigenvalue weighted by Gasteiger charge is -2.52. The quantitative estimate of drug-likeness (QED) is 0.227. The maximum absolute atomic E-state index is 10.6. The van der Waals surface area contributed by atoms with E-state index in [0.717, 1.165) is 12.8 Å². The van der Waals surface area contributed by atoms with E-state index >= 15 is 0 Å². The van der Waals surface area contributed by atoms with Crippen LogP contribution < -0.4 is 17.0 Å². The zero-order valence-corrected chi connectivity index (χ0v) is 11.4. The van der Waals surface area contributed by atoms with E-state index in [1.807, 2.05) is 34.7 Å². The molecule has 0 bridgehead atoms. The molecule has 0 atom stereocenters. The lowest BCUT2D eigenvalue weighted by Crippen LogP contribution is -2.85. The van der Waals surface area contributed by atoms with Crippen LogP contribution in [-0.2, 0) is 0 Å². The van der Waals surface area contributed by atoms with Gasteiger partial charge in [-0.1, -0.05) is 27.7 Å². The number of rotatable bonds is 7. The Morgan fingerprint density at radius 2 is 1.38 bits per heavy atom. The summed E-state index contributed by atoms with van der Waals surface area (Å²) in [7, 11) is 1.84. The van der Waals surface area contributed by atoms with Crippen LogP contribution in [0.4, 0.5) is 0 Å². The minimum Gasteiger partial charge on any atom is -0.340 e. The van der Waals surface area contributed by atoms with Crippen LogP contribution in [0.1, 0.15) is 53.4 Å². The summed E-state index contributed by atoms with van der Waals surface area (Å²) in [4.78, 5) is 0. The van der Waals surface area contributed by atoms with Crippen molar-refractivity contribution in [3.63, 3.8) is 0 Å². The first kappa shape index (κ1) is 15.8. The van der Waals surface area contributed by atoms with Gasteiger partial charge in [0.25, 0.3) is 0 Å². The normalized spacial score (nSPS) is 14.2. The van der Waals surface area contributed by atoms with E-state index in [2.05, 4.69) is 5.32 Å². The second-order valence-electron chi connectivity index (χ2n) is 4.46. The average Bonchev–Trinajstić information content (AvgIpc) is 2.30. The smallest absolute Gasteiger partial charge is 0.236 e. The molecular weight excluding hydrogens is 204 g/mol. The number of quaternary nitrogens is 1. The minimum absolute atomic E-state index is 0.392. The second kappa shape index (κ2) is 5.42. The van der Waals surface area contributed by atoms with Crippen LogP contribution in [0.25, 0.3) is 0 Å². The van der Waals surface area contributed by atoms with E-state index in [0.29, 0.717) is 12.8 Å². The second-order valence-corrected chi connectivity index (χ2v) is 4.46. The van der Waals surface area contributed by atoms with E-state index in [4.69, 9.17) is 11.7 Å². The van der Waals surface area contributed by atoms with Crippen molar-refractivity contribution < 1.29 is 9.81 Å². The highest BCUT2D eigenvalue weighted by Crippen LogP contribution is 2.33. The lowest BCUT2D eigenvalue weighted by molar-refractivity contribution is -1.07. The molecule has 0 aromatic carbocycles. The summed E-state index contributed by atoms with van der Waals surface area (Å²) in [6, 6.07) is 0. The van der Waals surface area contributed by atoms with Gasteiger partial charge >= 0.3 is 0 Å². The summed E-state index contributed by atoms with van der Waals surface area (Å²) in [5.74, 6) is 12.5. The molecule has 16 heavy (non-hydrogen) atoms. The number of nitrogens with one attached hydrogen (secondary N) is 1. The number of nitrogens with two attached hydrogens (primary N) is 2. The van der Waals surface area contributed by atoms with Crippen LogP contribution in [0.3, 0.4) is 0 Å². The SMILES string of the molecule is CCC(O)(CC)[N+](N)(N)C(CC)(CC)NC. The monoisotopic (exact) mass is 233 g/mol. The molecule has 0 heterocycles. The van der Waals surface area contributed by atoms with Gasteiger partial charge in [0.15, 0.2) is 5.66 Å². The Balaban J connectivity index is 5.43. The summed E-state index contributed by atoms with van der Waals surface area (Å²) in [5.41, 5.74) is -1.60. The van der Waals surface area contributed by atoms with Crippen molar-refractivity contribution in [3.05, 3.63) is 0 Å². The van der Waals surface area contributed by atoms with E-state index in [1.54, 1.807) is 0 Å². The van der Waals surface area contributed by atoms with Crippen molar-refractivity contribution in [2.45, 2.75) is 64.8 Å². The van der Waals surface area contributed by atoms with Gasteiger partial charge in [0.05, 0.1) is 0 Å². The Morgan fingerprint density at radius 1 is 1.00 bits per heavy atom. The Morgan fingerprint density at radius 3 is 1.56 bits per heavy atom. The fourth-order valence-electron chi connectivity index (χ4n) is 2.48. The third-order valence-electron chi connectivity index (χ3n) is 4.16. The number of aliphatic hydroxyl groups is 1. The number of nitrogens with zero attached hydrogens (tertiary/aromatic N) is 1. The number of hydrogen-bond donors (Lipinski definition) is 4. The molecule has 0 rings (SSSR count). The Hall–Kier alpha value is -0.200. The molecule has 98 valence electrons. The van der Waals surface area contributed by atoms with Crippen LogP contribution >= 0.6 is 0 Å². The van der Waals surface area contributed by atoms with Crippen LogP contribution in [0.2, 0.25) is 0 Å². The van der Waals surface area contributed by atoms with Crippen LogP contribution in [-0.4, -0.2) is 28.2 Å². The van der Waals surface area contributed by atoms with Crippen molar-refractivity contribution in [2.24, 2.45) is 11.7 Å². The van der Waals surface area contributed by atoms with E-state index in [9.17, 15) is 5.11 Å². The molecule has 0 amide bonds. The van der Waals surface area contributed by atoms with Gasteiger partial charge in [-0.3, -0.25) is 5.32 Å². The predicted octanol–water partition coefficient (Wildman–Crippen LogP) is 0.795. The topological polar surface area (TPSA) is 84.3 Å². The van der Waals surface area contributed by atoms with Crippen molar-refractivity contribution in [1.82, 2.24) is 5.32 Å². The molecule has 5 heteroatoms. The van der Waals surface area contributed by atoms with E-state index < -0.39 is 16.1 Å². The molecule has 0 aliphatic heterocycles. The summed E-state index contributed by atoms with van der Waals surface area (Å²) < 4.78 is -0.392. The summed E-state index contributed by atoms with van der Waals surface area (Å²) in [5, 5.41) is 13.8. The summed E-state index contributed by atoms with van der Waals surface area (Å²) in [6.07, 6.45) is 2.57. The Bertz CT molecular complexity index is 202. The number of hydrogen-bond acceptors (Lipinski definition) is 4. The largest absolute Gasteiger partial charge is 0.340 e. The van der Waals surface area contributed by atoms with Gasteiger partial charge in [0, 0.05) is 25.7 Å². The highest BCUT2D eigenvalue weighted by molar-refractivity contribution is 4.77. The molecule has 0 saturated carbocycles. The Kier molecular flexibility index (Phi) is 5.35. The maximum Gasteiger partial charge on any atom is 0.236 e. The van der Waals surface area contributed by atoms with E-state index in [1.165, 1.54) is 0 Å². The highest BCUT2D eigenvalue weighted by atomic mass is 16.3. The van der Waals surface area contributed by atoms with Gasteiger partial charge in [-0.05, 0) is 7.05 Å². The van der Waals surface area contributed by atoms with Crippen LogP contribution in [0, 0.1) is 0 Å². The molecule has 0 aromatic rings. The van der Waals surface area contributed by atoms with Gasteiger partial charge in [0.1, 0.15) is 0 Å². The molecule has 0 aliphatic carbocycles. The van der Waals surface area contributed by atoms with Gasteiger partial charge in [-0.15, -0.1) is 4.70 Å². The summed E-state index contributed by atoms with van der Waals surface area (Å²) in [6.45, 7) is 7.86. The first-order valence-electron chi connectivity index (χ1n) is 6.18. The minimum atomic E-state index is -1.10. The molecule has 0 unspecified atom stereocenters. The van der Waals surface area contributed by atoms with Gasteiger partial charge in [0.2, 0.25) is 5.72 Å². The molecule has 0 aliphatic rings. The highest BCUT2D eigenvalue weighted by Gasteiger charge is 2.56. The van der Waals surface area contributed by atoms with Gasteiger partial charge < -0.3 is 5.11 Å². The van der Waals surface area contributed by atoms with Crippen molar-refractivity contribution in [1.29, 1.82) is 0 Å². The molecule has 0 radical (unpaired) electrons. The van der Waals surface area contributed by atoms with Gasteiger partial charge in [-0.25, -0.2) is 0 Å². The summed E-state index contributed by atoms with van der Waals surface area (Å²) >= 11 is 0. The first-order chi connectivity index (χ1) is 7.30. The average molecular weight is 233 g/mol. The zero-order chi connectivity index (χ0) is 13.0. The fourth-order valence-corrected chi connectivity index (χ4v) is 2.48.